The van der Waals surface area contributed by atoms with Crippen LogP contribution in [0.1, 0.15) is 37.8 Å². The number of ether oxygens (including phenoxy) is 1. The van der Waals surface area contributed by atoms with Gasteiger partial charge in [0.05, 0.1) is 6.61 Å². The van der Waals surface area contributed by atoms with Crippen LogP contribution >= 0.6 is 15.9 Å². The summed E-state index contributed by atoms with van der Waals surface area (Å²) in [6.07, 6.45) is 3.66. The minimum atomic E-state index is 0.429. The fourth-order valence-corrected chi connectivity index (χ4v) is 3.68. The van der Waals surface area contributed by atoms with Gasteiger partial charge in [-0.05, 0) is 44.1 Å². The smallest absolute Gasteiger partial charge is 0.124 e. The highest BCUT2D eigenvalue weighted by molar-refractivity contribution is 9.10. The summed E-state index contributed by atoms with van der Waals surface area (Å²) < 4.78 is 6.90. The number of likely N-dealkylation sites (N-methyl/N-ethyl adjacent to an activating group) is 1. The van der Waals surface area contributed by atoms with E-state index in [-0.39, 0.29) is 0 Å². The zero-order valence-electron chi connectivity index (χ0n) is 12.1. The molecule has 2 aliphatic heterocycles. The number of likely N-dealkylation sites (tertiary alicyclic amines) is 1. The summed E-state index contributed by atoms with van der Waals surface area (Å²) in [5, 5.41) is 3.86. The fraction of sp³-hybridized carbons (Fsp3) is 0.625. The van der Waals surface area contributed by atoms with Crippen molar-refractivity contribution in [2.45, 2.75) is 38.3 Å². The van der Waals surface area contributed by atoms with Gasteiger partial charge in [0.25, 0.3) is 0 Å². The highest BCUT2D eigenvalue weighted by Gasteiger charge is 2.26. The van der Waals surface area contributed by atoms with Crippen LogP contribution in [0.5, 0.6) is 5.75 Å². The third-order valence-corrected chi connectivity index (χ3v) is 4.89. The van der Waals surface area contributed by atoms with Gasteiger partial charge >= 0.3 is 0 Å². The van der Waals surface area contributed by atoms with Crippen LogP contribution in [0.2, 0.25) is 0 Å². The normalized spacial score (nSPS) is 26.9. The first-order valence-corrected chi connectivity index (χ1v) is 8.46. The molecule has 2 aliphatic rings. The fourth-order valence-electron chi connectivity index (χ4n) is 3.30. The Balaban J connectivity index is 1.71. The van der Waals surface area contributed by atoms with Gasteiger partial charge in [0.1, 0.15) is 5.75 Å². The lowest BCUT2D eigenvalue weighted by Crippen LogP contribution is -2.47. The molecule has 20 heavy (non-hydrogen) atoms. The number of nitrogens with one attached hydrogen (secondary N) is 1. The largest absolute Gasteiger partial charge is 0.493 e. The van der Waals surface area contributed by atoms with Crippen LogP contribution in [0.3, 0.4) is 0 Å². The third-order valence-electron chi connectivity index (χ3n) is 4.40. The van der Waals surface area contributed by atoms with E-state index in [1.165, 1.54) is 31.5 Å². The second-order valence-corrected chi connectivity index (χ2v) is 6.69. The molecular weight excluding hydrogens is 316 g/mol. The van der Waals surface area contributed by atoms with Crippen LogP contribution < -0.4 is 10.1 Å². The molecule has 110 valence electrons. The van der Waals surface area contributed by atoms with Crippen molar-refractivity contribution in [3.8, 4) is 5.75 Å². The lowest BCUT2D eigenvalue weighted by Gasteiger charge is -2.36. The monoisotopic (exact) mass is 338 g/mol. The molecule has 3 nitrogen and oxygen atoms in total. The van der Waals surface area contributed by atoms with Crippen LogP contribution in [0.15, 0.2) is 22.7 Å². The van der Waals surface area contributed by atoms with Gasteiger partial charge in [-0.25, -0.2) is 0 Å². The van der Waals surface area contributed by atoms with Gasteiger partial charge in [0, 0.05) is 35.1 Å². The van der Waals surface area contributed by atoms with E-state index in [1.807, 2.05) is 0 Å². The molecule has 0 spiro atoms. The molecule has 0 aromatic heterocycles. The molecule has 0 radical (unpaired) electrons. The van der Waals surface area contributed by atoms with Gasteiger partial charge in [0.2, 0.25) is 0 Å². The van der Waals surface area contributed by atoms with Crippen LogP contribution in [0.25, 0.3) is 0 Å². The summed E-state index contributed by atoms with van der Waals surface area (Å²) in [6.45, 7) is 6.66. The molecule has 2 atom stereocenters. The Bertz CT molecular complexity index is 466. The Morgan fingerprint density at radius 1 is 1.40 bits per heavy atom. The van der Waals surface area contributed by atoms with E-state index in [9.17, 15) is 0 Å². The van der Waals surface area contributed by atoms with E-state index in [4.69, 9.17) is 4.74 Å². The van der Waals surface area contributed by atoms with Crippen molar-refractivity contribution in [1.82, 2.24) is 10.2 Å². The third kappa shape index (κ3) is 3.18. The minimum absolute atomic E-state index is 0.429. The summed E-state index contributed by atoms with van der Waals surface area (Å²) in [6, 6.07) is 7.37. The van der Waals surface area contributed by atoms with E-state index in [2.05, 4.69) is 51.3 Å². The second-order valence-electron chi connectivity index (χ2n) is 5.77. The van der Waals surface area contributed by atoms with Crippen LogP contribution in [-0.2, 0) is 0 Å². The van der Waals surface area contributed by atoms with Gasteiger partial charge < -0.3 is 15.0 Å². The predicted molar refractivity (Wildman–Crippen MR) is 85.3 cm³/mol. The predicted octanol–water partition coefficient (Wildman–Crippen LogP) is 3.35. The number of hydrogen-bond donors (Lipinski definition) is 1. The van der Waals surface area contributed by atoms with E-state index in [0.717, 1.165) is 29.8 Å². The Hall–Kier alpha value is -0.580. The molecule has 1 saturated heterocycles. The Kier molecular flexibility index (Phi) is 4.64. The Labute approximate surface area is 129 Å². The van der Waals surface area contributed by atoms with E-state index in [1.54, 1.807) is 0 Å². The number of nitrogens with zero attached hydrogens (tertiary/aromatic N) is 1. The average molecular weight is 339 g/mol. The van der Waals surface area contributed by atoms with Crippen molar-refractivity contribution < 1.29 is 4.74 Å². The van der Waals surface area contributed by atoms with Crippen molar-refractivity contribution >= 4 is 15.9 Å². The van der Waals surface area contributed by atoms with Gasteiger partial charge in [-0.2, -0.15) is 0 Å². The van der Waals surface area contributed by atoms with Gasteiger partial charge in [-0.15, -0.1) is 0 Å². The maximum Gasteiger partial charge on any atom is 0.124 e. The Morgan fingerprint density at radius 2 is 2.30 bits per heavy atom. The number of fused-ring (bicyclic) bond motifs is 1. The molecule has 1 aromatic carbocycles. The van der Waals surface area contributed by atoms with Crippen molar-refractivity contribution in [3.05, 3.63) is 28.2 Å². The average Bonchev–Trinajstić information content (AvgIpc) is 2.48. The lowest BCUT2D eigenvalue weighted by molar-refractivity contribution is 0.175. The summed E-state index contributed by atoms with van der Waals surface area (Å²) in [7, 11) is 0. The molecule has 1 N–H and O–H groups in total. The van der Waals surface area contributed by atoms with E-state index < -0.39 is 0 Å². The summed E-state index contributed by atoms with van der Waals surface area (Å²) >= 11 is 3.57. The minimum Gasteiger partial charge on any atom is -0.493 e. The second kappa shape index (κ2) is 6.46. The van der Waals surface area contributed by atoms with Crippen molar-refractivity contribution in [3.63, 3.8) is 0 Å². The molecule has 2 heterocycles. The van der Waals surface area contributed by atoms with Gasteiger partial charge in [-0.3, -0.25) is 0 Å². The SMILES string of the molecule is CCN1CCCC(NC2CCOc3ccc(Br)cc32)C1. The standard InChI is InChI=1S/C16H23BrN2O/c1-2-19-8-3-4-13(11-19)18-15-7-9-20-16-6-5-12(17)10-14(15)16/h5-6,10,13,15,18H,2-4,7-9,11H2,1H3. The maximum atomic E-state index is 5.77. The zero-order valence-corrected chi connectivity index (χ0v) is 13.7. The van der Waals surface area contributed by atoms with Crippen molar-refractivity contribution in [2.24, 2.45) is 0 Å². The van der Waals surface area contributed by atoms with Crippen LogP contribution in [0.4, 0.5) is 0 Å². The summed E-state index contributed by atoms with van der Waals surface area (Å²) in [5.41, 5.74) is 1.30. The topological polar surface area (TPSA) is 24.5 Å². The van der Waals surface area contributed by atoms with Crippen LogP contribution in [0, 0.1) is 0 Å². The number of rotatable bonds is 3. The maximum absolute atomic E-state index is 5.77. The summed E-state index contributed by atoms with van der Waals surface area (Å²) in [4.78, 5) is 2.54. The first-order chi connectivity index (χ1) is 9.76. The van der Waals surface area contributed by atoms with Crippen molar-refractivity contribution in [2.75, 3.05) is 26.2 Å². The molecule has 0 amide bonds. The molecular formula is C16H23BrN2O. The number of hydrogen-bond acceptors (Lipinski definition) is 3. The first-order valence-electron chi connectivity index (χ1n) is 7.67. The molecule has 0 aliphatic carbocycles. The van der Waals surface area contributed by atoms with E-state index in [0.29, 0.717) is 12.1 Å². The summed E-state index contributed by atoms with van der Waals surface area (Å²) in [5.74, 6) is 1.04. The van der Waals surface area contributed by atoms with Crippen LogP contribution in [-0.4, -0.2) is 37.2 Å². The first kappa shape index (κ1) is 14.4. The molecule has 1 aromatic rings. The molecule has 4 heteroatoms. The molecule has 0 saturated carbocycles. The Morgan fingerprint density at radius 3 is 3.15 bits per heavy atom. The van der Waals surface area contributed by atoms with Gasteiger partial charge in [0.15, 0.2) is 0 Å². The van der Waals surface area contributed by atoms with Gasteiger partial charge in [-0.1, -0.05) is 22.9 Å². The number of benzene rings is 1. The highest BCUT2D eigenvalue weighted by Crippen LogP contribution is 2.34. The lowest BCUT2D eigenvalue weighted by atomic mass is 9.97. The number of halogens is 1. The molecule has 1 fully saturated rings. The molecule has 0 bridgehead atoms. The number of piperidine rings is 1. The molecule has 3 rings (SSSR count). The highest BCUT2D eigenvalue weighted by atomic mass is 79.9. The quantitative estimate of drug-likeness (QED) is 0.914. The van der Waals surface area contributed by atoms with Crippen molar-refractivity contribution in [1.29, 1.82) is 0 Å². The zero-order chi connectivity index (χ0) is 13.9. The van der Waals surface area contributed by atoms with E-state index >= 15 is 0 Å². The molecule has 2 unspecified atom stereocenters.